The van der Waals surface area contributed by atoms with Crippen LogP contribution in [-0.4, -0.2) is 39.7 Å². The third-order valence-electron chi connectivity index (χ3n) is 6.09. The summed E-state index contributed by atoms with van der Waals surface area (Å²) in [6.07, 6.45) is 3.73. The Bertz CT molecular complexity index is 1690. The van der Waals surface area contributed by atoms with Crippen LogP contribution in [0.25, 0.3) is 27.5 Å². The summed E-state index contributed by atoms with van der Waals surface area (Å²) in [4.78, 5) is 31.3. The van der Waals surface area contributed by atoms with E-state index in [1.165, 1.54) is 18.4 Å². The summed E-state index contributed by atoms with van der Waals surface area (Å²) in [6, 6.07) is 21.0. The van der Waals surface area contributed by atoms with Gasteiger partial charge < -0.3 is 10.6 Å². The van der Waals surface area contributed by atoms with Gasteiger partial charge in [0.1, 0.15) is 6.04 Å². The monoisotopic (exact) mass is 609 g/mol. The summed E-state index contributed by atoms with van der Waals surface area (Å²) in [5.74, 6) is -0.663. The van der Waals surface area contributed by atoms with Crippen molar-refractivity contribution in [1.82, 2.24) is 25.4 Å². The van der Waals surface area contributed by atoms with E-state index in [0.717, 1.165) is 21.7 Å². The largest absolute Gasteiger partial charge is 0.357 e. The summed E-state index contributed by atoms with van der Waals surface area (Å²) in [6.45, 7) is 0. The number of benzene rings is 2. The second kappa shape index (κ2) is 12.2. The van der Waals surface area contributed by atoms with E-state index in [1.54, 1.807) is 47.4 Å². The molecule has 1 atom stereocenters. The van der Waals surface area contributed by atoms with Crippen LogP contribution >= 0.6 is 46.1 Å². The first-order valence-corrected chi connectivity index (χ1v) is 14.1. The van der Waals surface area contributed by atoms with Crippen LogP contribution in [0.4, 0.5) is 0 Å². The summed E-state index contributed by atoms with van der Waals surface area (Å²) < 4.78 is 1.75. The second-order valence-corrected chi connectivity index (χ2v) is 11.1. The number of carbonyl (C=O) groups is 2. The summed E-state index contributed by atoms with van der Waals surface area (Å²) in [7, 11) is 1.53. The minimum absolute atomic E-state index is 0.294. The first kappa shape index (κ1) is 27.9. The fourth-order valence-electron chi connectivity index (χ4n) is 4.14. The molecule has 11 heteroatoms. The van der Waals surface area contributed by atoms with Crippen molar-refractivity contribution in [3.63, 3.8) is 0 Å². The number of rotatable bonds is 8. The molecule has 40 heavy (non-hydrogen) atoms. The molecule has 2 aromatic carbocycles. The smallest absolute Gasteiger partial charge is 0.262 e. The maximum absolute atomic E-state index is 13.3. The Kier molecular flexibility index (Phi) is 8.52. The number of amides is 2. The normalized spacial score (nSPS) is 11.7. The van der Waals surface area contributed by atoms with E-state index < -0.39 is 6.04 Å². The number of carbonyl (C=O) groups excluding carboxylic acids is 2. The van der Waals surface area contributed by atoms with Crippen LogP contribution in [0.5, 0.6) is 0 Å². The number of halogens is 3. The molecule has 0 aliphatic carbocycles. The van der Waals surface area contributed by atoms with E-state index in [0.29, 0.717) is 37.7 Å². The standard InChI is InChI=1S/C29H22Cl3N5O2S/c1-33-28(38)24(13-17-4-2-6-19(30)12-17)35-29(39)27-10-9-26(40-27)25-15-23(18-5-3-11-34-16-18)36-37(25)20-7-8-21(31)22(32)14-20/h2-12,14-16,24H,13H2,1H3,(H,33,38)(H,35,39)/t24-/m0/s1. The van der Waals surface area contributed by atoms with Gasteiger partial charge in [-0.05, 0) is 66.2 Å². The number of pyridine rings is 1. The van der Waals surface area contributed by atoms with Gasteiger partial charge in [0.05, 0.1) is 36.9 Å². The molecule has 0 radical (unpaired) electrons. The molecule has 202 valence electrons. The van der Waals surface area contributed by atoms with Gasteiger partial charge in [-0.15, -0.1) is 11.3 Å². The summed E-state index contributed by atoms with van der Waals surface area (Å²) in [5.41, 5.74) is 3.84. The number of aromatic nitrogens is 3. The molecule has 0 spiro atoms. The SMILES string of the molecule is CNC(=O)[C@H](Cc1cccc(Cl)c1)NC(=O)c1ccc(-c2cc(-c3cccnc3)nn2-c2ccc(Cl)c(Cl)c2)s1. The van der Waals surface area contributed by atoms with E-state index in [1.807, 2.05) is 42.5 Å². The van der Waals surface area contributed by atoms with Gasteiger partial charge in [-0.3, -0.25) is 14.6 Å². The highest BCUT2D eigenvalue weighted by Crippen LogP contribution is 2.34. The maximum atomic E-state index is 13.3. The van der Waals surface area contributed by atoms with E-state index in [9.17, 15) is 9.59 Å². The first-order valence-electron chi connectivity index (χ1n) is 12.2. The second-order valence-electron chi connectivity index (χ2n) is 8.80. The number of thiophene rings is 1. The Morgan fingerprint density at radius 3 is 2.55 bits per heavy atom. The number of hydrogen-bond acceptors (Lipinski definition) is 5. The van der Waals surface area contributed by atoms with Gasteiger partial charge in [0.15, 0.2) is 0 Å². The number of likely N-dealkylation sites (N-methyl/N-ethyl adjacent to an activating group) is 1. The lowest BCUT2D eigenvalue weighted by Crippen LogP contribution is -2.46. The Balaban J connectivity index is 1.46. The van der Waals surface area contributed by atoms with E-state index in [2.05, 4.69) is 15.6 Å². The average molecular weight is 611 g/mol. The van der Waals surface area contributed by atoms with Crippen molar-refractivity contribution in [2.24, 2.45) is 0 Å². The van der Waals surface area contributed by atoms with Crippen molar-refractivity contribution < 1.29 is 9.59 Å². The predicted molar refractivity (Wildman–Crippen MR) is 161 cm³/mol. The molecule has 0 aliphatic heterocycles. The summed E-state index contributed by atoms with van der Waals surface area (Å²) in [5, 5.41) is 11.7. The number of nitrogens with zero attached hydrogens (tertiary/aromatic N) is 3. The molecule has 0 unspecified atom stereocenters. The van der Waals surface area contributed by atoms with Crippen molar-refractivity contribution in [2.45, 2.75) is 12.5 Å². The molecule has 5 aromatic rings. The van der Waals surface area contributed by atoms with Gasteiger partial charge in [0.2, 0.25) is 5.91 Å². The van der Waals surface area contributed by atoms with Crippen LogP contribution in [0.3, 0.4) is 0 Å². The van der Waals surface area contributed by atoms with E-state index >= 15 is 0 Å². The molecule has 3 heterocycles. The molecule has 0 bridgehead atoms. The van der Waals surface area contributed by atoms with Crippen LogP contribution in [0.15, 0.2) is 85.2 Å². The average Bonchev–Trinajstić information content (AvgIpc) is 3.62. The zero-order valence-electron chi connectivity index (χ0n) is 21.1. The molecule has 7 nitrogen and oxygen atoms in total. The topological polar surface area (TPSA) is 88.9 Å². The zero-order valence-corrected chi connectivity index (χ0v) is 24.2. The third kappa shape index (κ3) is 6.21. The Labute approximate surface area is 249 Å². The van der Waals surface area contributed by atoms with Gasteiger partial charge in [0, 0.05) is 36.4 Å². The molecule has 2 N–H and O–H groups in total. The van der Waals surface area contributed by atoms with Crippen molar-refractivity contribution in [3.8, 4) is 27.5 Å². The minimum atomic E-state index is -0.777. The Morgan fingerprint density at radius 2 is 1.82 bits per heavy atom. The zero-order chi connectivity index (χ0) is 28.2. The molecule has 5 rings (SSSR count). The molecular weight excluding hydrogens is 589 g/mol. The van der Waals surface area contributed by atoms with Crippen molar-refractivity contribution in [3.05, 3.63) is 111 Å². The van der Waals surface area contributed by atoms with Gasteiger partial charge in [0.25, 0.3) is 5.91 Å². The van der Waals surface area contributed by atoms with Crippen molar-refractivity contribution in [1.29, 1.82) is 0 Å². The van der Waals surface area contributed by atoms with Crippen LogP contribution in [-0.2, 0) is 11.2 Å². The quantitative estimate of drug-likeness (QED) is 0.204. The van der Waals surface area contributed by atoms with E-state index in [-0.39, 0.29) is 11.8 Å². The van der Waals surface area contributed by atoms with E-state index in [4.69, 9.17) is 39.9 Å². The van der Waals surface area contributed by atoms with Crippen LogP contribution < -0.4 is 10.6 Å². The fourth-order valence-corrected chi connectivity index (χ4v) is 5.55. The highest BCUT2D eigenvalue weighted by Gasteiger charge is 2.23. The summed E-state index contributed by atoms with van der Waals surface area (Å²) >= 11 is 19.9. The fraction of sp³-hybridized carbons (Fsp3) is 0.103. The minimum Gasteiger partial charge on any atom is -0.357 e. The van der Waals surface area contributed by atoms with Crippen molar-refractivity contribution in [2.75, 3.05) is 7.05 Å². The molecule has 0 saturated heterocycles. The molecule has 0 saturated carbocycles. The lowest BCUT2D eigenvalue weighted by molar-refractivity contribution is -0.122. The number of hydrogen-bond donors (Lipinski definition) is 2. The lowest BCUT2D eigenvalue weighted by atomic mass is 10.1. The van der Waals surface area contributed by atoms with Crippen LogP contribution in [0.2, 0.25) is 15.1 Å². The van der Waals surface area contributed by atoms with Gasteiger partial charge in [-0.2, -0.15) is 5.10 Å². The molecule has 0 fully saturated rings. The lowest BCUT2D eigenvalue weighted by Gasteiger charge is -2.17. The molecule has 0 aliphatic rings. The molecular formula is C29H22Cl3N5O2S. The Hall–Kier alpha value is -3.69. The van der Waals surface area contributed by atoms with Gasteiger partial charge in [-0.25, -0.2) is 4.68 Å². The van der Waals surface area contributed by atoms with Crippen LogP contribution in [0, 0.1) is 0 Å². The maximum Gasteiger partial charge on any atom is 0.262 e. The van der Waals surface area contributed by atoms with Gasteiger partial charge in [-0.1, -0.05) is 46.9 Å². The third-order valence-corrected chi connectivity index (χ3v) is 8.17. The molecule has 3 aromatic heterocycles. The predicted octanol–water partition coefficient (Wildman–Crippen LogP) is 6.71. The first-order chi connectivity index (χ1) is 19.3. The highest BCUT2D eigenvalue weighted by atomic mass is 35.5. The van der Waals surface area contributed by atoms with Crippen molar-refractivity contribution >= 4 is 58.0 Å². The Morgan fingerprint density at radius 1 is 0.975 bits per heavy atom. The number of nitrogens with one attached hydrogen (secondary N) is 2. The molecule has 2 amide bonds. The highest BCUT2D eigenvalue weighted by molar-refractivity contribution is 7.17. The van der Waals surface area contributed by atoms with Gasteiger partial charge >= 0.3 is 0 Å². The van der Waals surface area contributed by atoms with Crippen LogP contribution in [0.1, 0.15) is 15.2 Å².